The molecule has 1 aliphatic heterocycles. The number of benzene rings is 3. The number of anilines is 2. The van der Waals surface area contributed by atoms with E-state index in [9.17, 15) is 19.5 Å². The predicted molar refractivity (Wildman–Crippen MR) is 124 cm³/mol. The molecular weight excluding hydrogens is 422 g/mol. The van der Waals surface area contributed by atoms with Crippen LogP contribution in [0.25, 0.3) is 11.3 Å². The van der Waals surface area contributed by atoms with Gasteiger partial charge >= 0.3 is 5.97 Å². The van der Waals surface area contributed by atoms with Crippen LogP contribution in [-0.4, -0.2) is 42.1 Å². The Morgan fingerprint density at radius 1 is 0.939 bits per heavy atom. The minimum absolute atomic E-state index is 0.0887. The van der Waals surface area contributed by atoms with Crippen molar-refractivity contribution in [1.82, 2.24) is 5.06 Å². The summed E-state index contributed by atoms with van der Waals surface area (Å²) < 4.78 is 0. The molecule has 0 saturated heterocycles. The second kappa shape index (κ2) is 8.97. The molecule has 0 fully saturated rings. The molecular formula is C25H21N3O5. The number of carbonyl (C=O) groups excluding carboxylic acids is 2. The van der Waals surface area contributed by atoms with Crippen molar-refractivity contribution in [3.05, 3.63) is 95.1 Å². The van der Waals surface area contributed by atoms with E-state index in [2.05, 4.69) is 10.6 Å². The van der Waals surface area contributed by atoms with Gasteiger partial charge in [-0.2, -0.15) is 0 Å². The number of fused-ring (bicyclic) bond motifs is 1. The maximum atomic E-state index is 12.9. The van der Waals surface area contributed by atoms with Crippen molar-refractivity contribution in [2.75, 3.05) is 24.8 Å². The molecule has 3 N–H and O–H groups in total. The molecule has 4 rings (SSSR count). The lowest BCUT2D eigenvalue weighted by atomic mass is 9.99. The Bertz CT molecular complexity index is 1270. The van der Waals surface area contributed by atoms with E-state index in [1.54, 1.807) is 30.3 Å². The normalized spacial score (nSPS) is 13.7. The third-order valence-corrected chi connectivity index (χ3v) is 5.28. The van der Waals surface area contributed by atoms with Crippen molar-refractivity contribution >= 4 is 40.4 Å². The van der Waals surface area contributed by atoms with E-state index in [0.29, 0.717) is 33.8 Å². The topological polar surface area (TPSA) is 108 Å². The summed E-state index contributed by atoms with van der Waals surface area (Å²) in [7, 11) is 2.94. The lowest BCUT2D eigenvalue weighted by Gasteiger charge is -2.16. The molecule has 0 aliphatic carbocycles. The first-order valence-corrected chi connectivity index (χ1v) is 10.1. The lowest BCUT2D eigenvalue weighted by molar-refractivity contribution is -0.110. The lowest BCUT2D eigenvalue weighted by Crippen LogP contribution is -2.25. The predicted octanol–water partition coefficient (Wildman–Crippen LogP) is 3.95. The van der Waals surface area contributed by atoms with Crippen LogP contribution in [0.4, 0.5) is 11.4 Å². The van der Waals surface area contributed by atoms with Gasteiger partial charge in [0.25, 0.3) is 11.8 Å². The van der Waals surface area contributed by atoms with Crippen molar-refractivity contribution in [2.45, 2.75) is 0 Å². The van der Waals surface area contributed by atoms with Crippen molar-refractivity contribution < 1.29 is 24.3 Å². The molecule has 166 valence electrons. The minimum Gasteiger partial charge on any atom is -0.478 e. The Kier molecular flexibility index (Phi) is 5.93. The van der Waals surface area contributed by atoms with Gasteiger partial charge in [0.2, 0.25) is 0 Å². The van der Waals surface area contributed by atoms with E-state index in [0.717, 1.165) is 10.6 Å². The first-order chi connectivity index (χ1) is 15.9. The highest BCUT2D eigenvalue weighted by Crippen LogP contribution is 2.38. The molecule has 0 unspecified atom stereocenters. The number of hydroxylamine groups is 2. The van der Waals surface area contributed by atoms with Gasteiger partial charge in [0, 0.05) is 23.9 Å². The molecule has 0 bridgehead atoms. The maximum Gasteiger partial charge on any atom is 0.335 e. The van der Waals surface area contributed by atoms with E-state index in [4.69, 9.17) is 4.84 Å². The summed E-state index contributed by atoms with van der Waals surface area (Å²) in [5.41, 5.74) is 3.97. The summed E-state index contributed by atoms with van der Waals surface area (Å²) in [6.07, 6.45) is 0. The summed E-state index contributed by atoms with van der Waals surface area (Å²) in [6, 6.07) is 20.7. The number of carboxylic acid groups (broad SMARTS) is 1. The molecule has 3 aromatic carbocycles. The molecule has 2 amide bonds. The molecule has 1 heterocycles. The van der Waals surface area contributed by atoms with Gasteiger partial charge < -0.3 is 15.7 Å². The highest BCUT2D eigenvalue weighted by atomic mass is 16.7. The summed E-state index contributed by atoms with van der Waals surface area (Å²) in [4.78, 5) is 41.5. The highest BCUT2D eigenvalue weighted by molar-refractivity contribution is 6.37. The van der Waals surface area contributed by atoms with Gasteiger partial charge in [0.05, 0.1) is 29.6 Å². The molecule has 0 atom stereocenters. The number of nitrogens with one attached hydrogen (secondary N) is 2. The van der Waals surface area contributed by atoms with E-state index >= 15 is 0 Å². The van der Waals surface area contributed by atoms with Crippen molar-refractivity contribution in [3.63, 3.8) is 0 Å². The SMILES string of the molecule is CON(C)C(=O)c1ccc(NC(=C2C(=O)Nc3cc(C(=O)O)ccc32)c2ccccc2)cc1. The zero-order valence-corrected chi connectivity index (χ0v) is 18.0. The van der Waals surface area contributed by atoms with Crippen LogP contribution < -0.4 is 10.6 Å². The second-order valence-corrected chi connectivity index (χ2v) is 7.32. The summed E-state index contributed by atoms with van der Waals surface area (Å²) in [6.45, 7) is 0. The van der Waals surface area contributed by atoms with E-state index < -0.39 is 5.97 Å². The average Bonchev–Trinajstić information content (AvgIpc) is 3.17. The summed E-state index contributed by atoms with van der Waals surface area (Å²) in [5, 5.41) is 16.5. The van der Waals surface area contributed by atoms with E-state index in [1.165, 1.54) is 26.3 Å². The Morgan fingerprint density at radius 3 is 2.24 bits per heavy atom. The van der Waals surface area contributed by atoms with Crippen LogP contribution in [0.2, 0.25) is 0 Å². The van der Waals surface area contributed by atoms with Crippen molar-refractivity contribution in [3.8, 4) is 0 Å². The van der Waals surface area contributed by atoms with E-state index in [-0.39, 0.29) is 17.4 Å². The number of aromatic carboxylic acids is 1. The van der Waals surface area contributed by atoms with Gasteiger partial charge in [0.15, 0.2) is 0 Å². The van der Waals surface area contributed by atoms with Gasteiger partial charge in [0.1, 0.15) is 0 Å². The first-order valence-electron chi connectivity index (χ1n) is 10.1. The number of hydrogen-bond acceptors (Lipinski definition) is 5. The third kappa shape index (κ3) is 4.32. The van der Waals surface area contributed by atoms with Crippen LogP contribution in [0, 0.1) is 0 Å². The van der Waals surface area contributed by atoms with Gasteiger partial charge in [-0.1, -0.05) is 36.4 Å². The van der Waals surface area contributed by atoms with Crippen LogP contribution >= 0.6 is 0 Å². The molecule has 0 radical (unpaired) electrons. The standard InChI is InChI=1S/C25H21N3O5/c1-28(33-2)24(30)16-8-11-18(12-9-16)26-22(15-6-4-3-5-7-15)21-19-13-10-17(25(31)32)14-20(19)27-23(21)29/h3-14,26H,1-2H3,(H,27,29)(H,31,32). The number of hydrogen-bond donors (Lipinski definition) is 3. The second-order valence-electron chi connectivity index (χ2n) is 7.32. The Morgan fingerprint density at radius 2 is 1.61 bits per heavy atom. The molecule has 1 aliphatic rings. The summed E-state index contributed by atoms with van der Waals surface area (Å²) >= 11 is 0. The van der Waals surface area contributed by atoms with Crippen LogP contribution in [0.3, 0.4) is 0 Å². The van der Waals surface area contributed by atoms with E-state index in [1.807, 2.05) is 30.3 Å². The Hall–Kier alpha value is -4.43. The third-order valence-electron chi connectivity index (χ3n) is 5.28. The fourth-order valence-electron chi connectivity index (χ4n) is 3.54. The molecule has 8 nitrogen and oxygen atoms in total. The highest BCUT2D eigenvalue weighted by Gasteiger charge is 2.29. The quantitative estimate of drug-likeness (QED) is 0.393. The van der Waals surface area contributed by atoms with Crippen LogP contribution in [0.1, 0.15) is 31.8 Å². The summed E-state index contributed by atoms with van der Waals surface area (Å²) in [5.74, 6) is -1.70. The van der Waals surface area contributed by atoms with Gasteiger partial charge in [-0.05, 0) is 42.0 Å². The molecule has 0 spiro atoms. The van der Waals surface area contributed by atoms with Crippen LogP contribution in [-0.2, 0) is 9.63 Å². The van der Waals surface area contributed by atoms with Crippen molar-refractivity contribution in [2.24, 2.45) is 0 Å². The minimum atomic E-state index is -1.07. The molecule has 3 aromatic rings. The van der Waals surface area contributed by atoms with Gasteiger partial charge in [-0.3, -0.25) is 14.4 Å². The molecule has 8 heteroatoms. The number of amides is 2. The zero-order chi connectivity index (χ0) is 23.5. The number of nitrogens with zero attached hydrogens (tertiary/aromatic N) is 1. The Balaban J connectivity index is 1.77. The first kappa shape index (κ1) is 21.8. The van der Waals surface area contributed by atoms with Crippen LogP contribution in [0.15, 0.2) is 72.8 Å². The fourth-order valence-corrected chi connectivity index (χ4v) is 3.54. The molecule has 0 saturated carbocycles. The number of rotatable bonds is 6. The molecule has 33 heavy (non-hydrogen) atoms. The monoisotopic (exact) mass is 443 g/mol. The largest absolute Gasteiger partial charge is 0.478 e. The van der Waals surface area contributed by atoms with Crippen molar-refractivity contribution in [1.29, 1.82) is 0 Å². The number of carboxylic acids is 1. The maximum absolute atomic E-state index is 12.9. The van der Waals surface area contributed by atoms with Gasteiger partial charge in [-0.15, -0.1) is 0 Å². The molecule has 0 aromatic heterocycles. The smallest absolute Gasteiger partial charge is 0.335 e. The van der Waals surface area contributed by atoms with Gasteiger partial charge in [-0.25, -0.2) is 9.86 Å². The fraction of sp³-hybridized carbons (Fsp3) is 0.0800. The average molecular weight is 443 g/mol. The zero-order valence-electron chi connectivity index (χ0n) is 18.0. The Labute approximate surface area is 190 Å². The number of carbonyl (C=O) groups is 3. The van der Waals surface area contributed by atoms with Crippen LogP contribution in [0.5, 0.6) is 0 Å².